The third kappa shape index (κ3) is 3.87. The molecule has 0 atom stereocenters. The first-order chi connectivity index (χ1) is 15.6. The highest BCUT2D eigenvalue weighted by Gasteiger charge is 2.30. The monoisotopic (exact) mass is 427 g/mol. The maximum atomic E-state index is 13.9. The van der Waals surface area contributed by atoms with Gasteiger partial charge >= 0.3 is 0 Å². The smallest absolute Gasteiger partial charge is 0.258 e. The van der Waals surface area contributed by atoms with Crippen molar-refractivity contribution in [3.63, 3.8) is 0 Å². The van der Waals surface area contributed by atoms with Gasteiger partial charge in [0, 0.05) is 37.5 Å². The van der Waals surface area contributed by atoms with E-state index >= 15 is 0 Å². The molecule has 0 N–H and O–H groups in total. The van der Waals surface area contributed by atoms with Crippen molar-refractivity contribution in [2.45, 2.75) is 19.7 Å². The van der Waals surface area contributed by atoms with E-state index in [0.29, 0.717) is 30.0 Å². The third-order valence-corrected chi connectivity index (χ3v) is 5.68. The van der Waals surface area contributed by atoms with Crippen LogP contribution in [0.25, 0.3) is 11.1 Å². The fourth-order valence-electron chi connectivity index (χ4n) is 4.00. The van der Waals surface area contributed by atoms with Crippen molar-refractivity contribution in [1.29, 1.82) is 0 Å². The average molecular weight is 427 g/mol. The second-order valence-electron chi connectivity index (χ2n) is 7.93. The van der Waals surface area contributed by atoms with Gasteiger partial charge in [-0.2, -0.15) is 5.10 Å². The van der Waals surface area contributed by atoms with Crippen molar-refractivity contribution in [3.05, 3.63) is 107 Å². The van der Waals surface area contributed by atoms with Gasteiger partial charge in [0.25, 0.3) is 5.91 Å². The molecule has 2 heterocycles. The molecule has 1 aliphatic rings. The van der Waals surface area contributed by atoms with Gasteiger partial charge in [-0.05, 0) is 28.8 Å². The Balaban J connectivity index is 1.30. The highest BCUT2D eigenvalue weighted by Crippen LogP contribution is 2.32. The summed E-state index contributed by atoms with van der Waals surface area (Å²) in [7, 11) is 1.89. The van der Waals surface area contributed by atoms with Crippen molar-refractivity contribution in [1.82, 2.24) is 14.7 Å². The first kappa shape index (κ1) is 20.0. The summed E-state index contributed by atoms with van der Waals surface area (Å²) in [6, 6.07) is 20.2. The molecule has 1 amide bonds. The Kier molecular flexibility index (Phi) is 5.19. The number of aromatic nitrogens is 2. The fourth-order valence-corrected chi connectivity index (χ4v) is 4.00. The Morgan fingerprint density at radius 3 is 2.56 bits per heavy atom. The number of rotatable bonds is 6. The number of aryl methyl sites for hydroxylation is 1. The molecule has 1 aliphatic heterocycles. The number of fused-ring (bicyclic) bond motifs is 1. The minimum atomic E-state index is -0.317. The lowest BCUT2D eigenvalue weighted by atomic mass is 10.1. The second-order valence-corrected chi connectivity index (χ2v) is 7.93. The van der Waals surface area contributed by atoms with Crippen molar-refractivity contribution >= 4 is 5.91 Å². The zero-order chi connectivity index (χ0) is 22.1. The van der Waals surface area contributed by atoms with Gasteiger partial charge in [0.05, 0.1) is 11.8 Å². The number of hydrogen-bond acceptors (Lipinski definition) is 3. The van der Waals surface area contributed by atoms with E-state index < -0.39 is 0 Å². The molecule has 0 saturated heterocycles. The van der Waals surface area contributed by atoms with Crippen LogP contribution in [0.15, 0.2) is 79.1 Å². The van der Waals surface area contributed by atoms with Crippen molar-refractivity contribution in [2.24, 2.45) is 7.05 Å². The molecule has 0 unspecified atom stereocenters. The third-order valence-electron chi connectivity index (χ3n) is 5.68. The number of hydrogen-bond donors (Lipinski definition) is 0. The van der Waals surface area contributed by atoms with E-state index in [1.54, 1.807) is 33.8 Å². The summed E-state index contributed by atoms with van der Waals surface area (Å²) in [5.41, 5.74) is 5.14. The van der Waals surface area contributed by atoms with Crippen LogP contribution in [0.4, 0.5) is 4.39 Å². The lowest BCUT2D eigenvalue weighted by Gasteiger charge is -2.16. The molecule has 0 fully saturated rings. The van der Waals surface area contributed by atoms with E-state index in [-0.39, 0.29) is 18.3 Å². The number of carbonyl (C=O) groups is 1. The Bertz CT molecular complexity index is 1280. The van der Waals surface area contributed by atoms with Gasteiger partial charge in [-0.1, -0.05) is 54.6 Å². The van der Waals surface area contributed by atoms with E-state index in [1.807, 2.05) is 55.8 Å². The van der Waals surface area contributed by atoms with Crippen LogP contribution in [-0.2, 0) is 26.7 Å². The number of amides is 1. The molecule has 6 heteroatoms. The summed E-state index contributed by atoms with van der Waals surface area (Å²) in [4.78, 5) is 15.0. The van der Waals surface area contributed by atoms with Crippen molar-refractivity contribution < 1.29 is 13.9 Å². The maximum absolute atomic E-state index is 13.9. The molecule has 3 aromatic carbocycles. The molecule has 4 aromatic rings. The van der Waals surface area contributed by atoms with E-state index in [1.165, 1.54) is 6.07 Å². The number of nitrogens with zero attached hydrogens (tertiary/aromatic N) is 3. The SMILES string of the molecule is Cn1cc(-c2ccc(CN3Cc4cccc(OCc5ccccc5F)c4C3=O)cc2)cn1. The van der Waals surface area contributed by atoms with Crippen LogP contribution >= 0.6 is 0 Å². The van der Waals surface area contributed by atoms with Crippen molar-refractivity contribution in [2.75, 3.05) is 0 Å². The second kappa shape index (κ2) is 8.30. The predicted molar refractivity (Wildman–Crippen MR) is 119 cm³/mol. The standard InChI is InChI=1S/C26H22FN3O2/c1-29-15-22(13-28-29)19-11-9-18(10-12-19)14-30-16-20-6-4-8-24(25(20)26(30)31)32-17-21-5-2-3-7-23(21)27/h2-13,15H,14,16-17H2,1H3. The lowest BCUT2D eigenvalue weighted by molar-refractivity contribution is 0.0763. The normalized spacial score (nSPS) is 12.8. The van der Waals surface area contributed by atoms with Gasteiger partial charge in [0.15, 0.2) is 0 Å². The molecule has 0 saturated carbocycles. The van der Waals surface area contributed by atoms with Gasteiger partial charge in [-0.25, -0.2) is 4.39 Å². The van der Waals surface area contributed by atoms with Crippen LogP contribution in [0.3, 0.4) is 0 Å². The Labute approximate surface area is 185 Å². The summed E-state index contributed by atoms with van der Waals surface area (Å²) < 4.78 is 21.6. The summed E-state index contributed by atoms with van der Waals surface area (Å²) in [6.07, 6.45) is 3.80. The number of halogens is 1. The van der Waals surface area contributed by atoms with E-state index in [0.717, 1.165) is 22.3 Å². The zero-order valence-electron chi connectivity index (χ0n) is 17.7. The maximum Gasteiger partial charge on any atom is 0.258 e. The van der Waals surface area contributed by atoms with Gasteiger partial charge in [0.2, 0.25) is 0 Å². The largest absolute Gasteiger partial charge is 0.488 e. The molecule has 0 spiro atoms. The molecule has 160 valence electrons. The van der Waals surface area contributed by atoms with Crippen LogP contribution in [0.2, 0.25) is 0 Å². The quantitative estimate of drug-likeness (QED) is 0.437. The van der Waals surface area contributed by atoms with E-state index in [2.05, 4.69) is 5.10 Å². The van der Waals surface area contributed by atoms with Crippen LogP contribution < -0.4 is 4.74 Å². The molecule has 32 heavy (non-hydrogen) atoms. The molecule has 5 nitrogen and oxygen atoms in total. The lowest BCUT2D eigenvalue weighted by Crippen LogP contribution is -2.23. The summed E-state index contributed by atoms with van der Waals surface area (Å²) >= 11 is 0. The van der Waals surface area contributed by atoms with Crippen LogP contribution in [0, 0.1) is 5.82 Å². The van der Waals surface area contributed by atoms with E-state index in [4.69, 9.17) is 4.74 Å². The summed E-state index contributed by atoms with van der Waals surface area (Å²) in [5.74, 6) is 0.105. The van der Waals surface area contributed by atoms with Gasteiger partial charge in [-0.15, -0.1) is 0 Å². The van der Waals surface area contributed by atoms with Gasteiger partial charge in [-0.3, -0.25) is 9.48 Å². The molecule has 0 aliphatic carbocycles. The molecule has 0 radical (unpaired) electrons. The Morgan fingerprint density at radius 2 is 1.81 bits per heavy atom. The predicted octanol–water partition coefficient (Wildman–Crippen LogP) is 4.96. The number of ether oxygens (including phenoxy) is 1. The highest BCUT2D eigenvalue weighted by molar-refractivity contribution is 6.01. The molecule has 1 aromatic heterocycles. The van der Waals surface area contributed by atoms with Crippen LogP contribution in [0.1, 0.15) is 27.0 Å². The van der Waals surface area contributed by atoms with Gasteiger partial charge < -0.3 is 9.64 Å². The molecular formula is C26H22FN3O2. The first-order valence-corrected chi connectivity index (χ1v) is 10.4. The minimum absolute atomic E-state index is 0.0690. The average Bonchev–Trinajstić information content (AvgIpc) is 3.37. The Hall–Kier alpha value is -3.93. The van der Waals surface area contributed by atoms with E-state index in [9.17, 15) is 9.18 Å². The summed E-state index contributed by atoms with van der Waals surface area (Å²) in [6.45, 7) is 1.11. The van der Waals surface area contributed by atoms with Gasteiger partial charge in [0.1, 0.15) is 18.2 Å². The zero-order valence-corrected chi connectivity index (χ0v) is 17.7. The highest BCUT2D eigenvalue weighted by atomic mass is 19.1. The van der Waals surface area contributed by atoms with Crippen LogP contribution in [0.5, 0.6) is 5.75 Å². The molecule has 5 rings (SSSR count). The number of carbonyl (C=O) groups excluding carboxylic acids is 1. The number of benzene rings is 3. The van der Waals surface area contributed by atoms with Crippen LogP contribution in [-0.4, -0.2) is 20.6 Å². The minimum Gasteiger partial charge on any atom is -0.488 e. The topological polar surface area (TPSA) is 47.4 Å². The fraction of sp³-hybridized carbons (Fsp3) is 0.154. The molecule has 0 bridgehead atoms. The molecular weight excluding hydrogens is 405 g/mol. The first-order valence-electron chi connectivity index (χ1n) is 10.4. The summed E-state index contributed by atoms with van der Waals surface area (Å²) in [5, 5.41) is 4.21. The Morgan fingerprint density at radius 1 is 1.00 bits per heavy atom. The van der Waals surface area contributed by atoms with Crippen molar-refractivity contribution in [3.8, 4) is 16.9 Å².